The summed E-state index contributed by atoms with van der Waals surface area (Å²) in [6.07, 6.45) is -1.78. The van der Waals surface area contributed by atoms with Crippen LogP contribution in [0.2, 0.25) is 5.02 Å². The van der Waals surface area contributed by atoms with Gasteiger partial charge in [-0.15, -0.1) is 12.3 Å². The Bertz CT molecular complexity index is 1340. The van der Waals surface area contributed by atoms with Crippen molar-refractivity contribution in [3.63, 3.8) is 0 Å². The fourth-order valence-corrected chi connectivity index (χ4v) is 4.87. The monoisotopic (exact) mass is 648 g/mol. The molecule has 0 radical (unpaired) electrons. The van der Waals surface area contributed by atoms with Crippen LogP contribution in [0.3, 0.4) is 0 Å². The summed E-state index contributed by atoms with van der Waals surface area (Å²) in [5.74, 6) is -1.71. The molecule has 14 heteroatoms. The van der Waals surface area contributed by atoms with Gasteiger partial charge in [0.1, 0.15) is 24.6 Å². The molecule has 1 heterocycles. The van der Waals surface area contributed by atoms with Crippen LogP contribution in [0.1, 0.15) is 24.0 Å². The maximum Gasteiger partial charge on any atom is 0.366 e. The molecule has 6 N–H and O–H groups in total. The first-order chi connectivity index (χ1) is 21.5. The first kappa shape index (κ1) is 35.7. The zero-order chi connectivity index (χ0) is 33.0. The normalized spacial score (nSPS) is 22.4. The summed E-state index contributed by atoms with van der Waals surface area (Å²) >= 11 is 5.96. The molecule has 45 heavy (non-hydrogen) atoms. The molecule has 0 spiro atoms. The molecule has 3 rings (SSSR count). The number of carbonyl (C=O) groups is 3. The van der Waals surface area contributed by atoms with E-state index < -0.39 is 73.6 Å². The molecule has 1 aliphatic rings. The summed E-state index contributed by atoms with van der Waals surface area (Å²) < 4.78 is 22.2. The quantitative estimate of drug-likeness (QED) is 0.0854. The van der Waals surface area contributed by atoms with Crippen LogP contribution in [-0.2, 0) is 41.6 Å². The van der Waals surface area contributed by atoms with Crippen LogP contribution in [0.4, 0.5) is 0 Å². The van der Waals surface area contributed by atoms with Gasteiger partial charge in [0.2, 0.25) is 11.8 Å². The highest BCUT2D eigenvalue weighted by molar-refractivity contribution is 6.30. The van der Waals surface area contributed by atoms with Crippen molar-refractivity contribution in [2.45, 2.75) is 62.1 Å². The highest BCUT2D eigenvalue weighted by atomic mass is 35.5. The van der Waals surface area contributed by atoms with E-state index in [0.717, 1.165) is 7.11 Å². The minimum absolute atomic E-state index is 0.0610. The number of rotatable bonds is 15. The van der Waals surface area contributed by atoms with E-state index in [1.54, 1.807) is 48.5 Å². The van der Waals surface area contributed by atoms with Crippen molar-refractivity contribution in [1.29, 1.82) is 0 Å². The highest BCUT2D eigenvalue weighted by Crippen LogP contribution is 2.35. The van der Waals surface area contributed by atoms with Crippen LogP contribution >= 0.6 is 11.6 Å². The Hall–Kier alpha value is -3.74. The second-order valence-electron chi connectivity index (χ2n) is 10.3. The molecule has 1 aliphatic heterocycles. The maximum absolute atomic E-state index is 13.0. The lowest BCUT2D eigenvalue weighted by molar-refractivity contribution is -0.315. The number of esters is 1. The number of halogens is 1. The highest BCUT2D eigenvalue weighted by Gasteiger charge is 2.56. The summed E-state index contributed by atoms with van der Waals surface area (Å²) in [6, 6.07) is 11.9. The number of terminal acetylenes is 1. The number of nitrogens with one attached hydrogen (secondary N) is 2. The molecule has 0 aromatic heterocycles. The van der Waals surface area contributed by atoms with Gasteiger partial charge in [-0.25, -0.2) is 4.79 Å². The van der Waals surface area contributed by atoms with E-state index in [1.807, 2.05) is 0 Å². The molecule has 1 fully saturated rings. The first-order valence-electron chi connectivity index (χ1n) is 14.0. The van der Waals surface area contributed by atoms with Crippen LogP contribution in [0, 0.1) is 12.3 Å². The van der Waals surface area contributed by atoms with Gasteiger partial charge in [0.05, 0.1) is 45.0 Å². The van der Waals surface area contributed by atoms with Gasteiger partial charge in [0.15, 0.2) is 0 Å². The maximum atomic E-state index is 13.0. The number of aliphatic hydroxyl groups is 4. The summed E-state index contributed by atoms with van der Waals surface area (Å²) in [6.45, 7) is -1.29. The van der Waals surface area contributed by atoms with E-state index in [2.05, 4.69) is 16.6 Å². The van der Waals surface area contributed by atoms with Gasteiger partial charge in [-0.2, -0.15) is 0 Å². The minimum atomic E-state index is -2.28. The molecule has 0 bridgehead atoms. The second-order valence-corrected chi connectivity index (χ2v) is 10.7. The van der Waals surface area contributed by atoms with E-state index in [1.165, 1.54) is 0 Å². The van der Waals surface area contributed by atoms with E-state index in [9.17, 15) is 34.8 Å². The molecule has 6 atom stereocenters. The lowest BCUT2D eigenvalue weighted by Gasteiger charge is -2.47. The standard InChI is InChI=1S/C31H37ClN2O11/c1-3-4-12-43-22-10-8-19(9-11-22)18-44-31(30(41)42-2)15-23(36)27(34-26(39)17-35)29(45-31)28(40)24(37)16-33-25(38)14-20-6-5-7-21(32)13-20/h1,5-11,13,23-24,27-29,35-37,40H,4,12,14-18H2,2H3,(H,33,38)(H,34,39)/t23-,24+,27+,28+,29+,31+/m0/s1. The van der Waals surface area contributed by atoms with Gasteiger partial charge in [0.25, 0.3) is 5.79 Å². The Morgan fingerprint density at radius 3 is 2.53 bits per heavy atom. The summed E-state index contributed by atoms with van der Waals surface area (Å²) in [5.41, 5.74) is 1.20. The zero-order valence-corrected chi connectivity index (χ0v) is 25.3. The third-order valence-corrected chi connectivity index (χ3v) is 7.18. The van der Waals surface area contributed by atoms with Crippen molar-refractivity contribution in [1.82, 2.24) is 10.6 Å². The molecule has 2 amide bonds. The predicted octanol–water partition coefficient (Wildman–Crippen LogP) is -0.164. The largest absolute Gasteiger partial charge is 0.493 e. The number of methoxy groups -OCH3 is 1. The van der Waals surface area contributed by atoms with Crippen LogP contribution in [0.15, 0.2) is 48.5 Å². The Morgan fingerprint density at radius 1 is 1.16 bits per heavy atom. The molecule has 0 aliphatic carbocycles. The predicted molar refractivity (Wildman–Crippen MR) is 160 cm³/mol. The van der Waals surface area contributed by atoms with Crippen molar-refractivity contribution in [2.75, 3.05) is 26.9 Å². The number of hydrogen-bond acceptors (Lipinski definition) is 11. The molecule has 2 aromatic rings. The van der Waals surface area contributed by atoms with Crippen molar-refractivity contribution < 1.29 is 53.8 Å². The number of carbonyl (C=O) groups excluding carboxylic acids is 3. The number of hydrogen-bond donors (Lipinski definition) is 6. The van der Waals surface area contributed by atoms with Gasteiger partial charge in [-0.05, 0) is 35.4 Å². The molecule has 13 nitrogen and oxygen atoms in total. The molecule has 244 valence electrons. The van der Waals surface area contributed by atoms with Crippen molar-refractivity contribution in [2.24, 2.45) is 0 Å². The molecular formula is C31H37ClN2O11. The number of amides is 2. The van der Waals surface area contributed by atoms with Crippen LogP contribution in [0.5, 0.6) is 5.75 Å². The topological polar surface area (TPSA) is 193 Å². The minimum Gasteiger partial charge on any atom is -0.493 e. The fraction of sp³-hybridized carbons (Fsp3) is 0.452. The lowest BCUT2D eigenvalue weighted by atomic mass is 9.88. The van der Waals surface area contributed by atoms with Gasteiger partial charge in [0, 0.05) is 24.4 Å². The molecule has 0 unspecified atom stereocenters. The summed E-state index contributed by atoms with van der Waals surface area (Å²) in [4.78, 5) is 37.6. The first-order valence-corrected chi connectivity index (χ1v) is 14.4. The SMILES string of the molecule is C#CCCOc1ccc(CO[C@]2(C(=O)OC)C[C@H](O)[C@@H](NC(=O)CO)[C@H]([C@H](O)[C@H](O)CNC(=O)Cc3cccc(Cl)c3)O2)cc1. The molecule has 2 aromatic carbocycles. The van der Waals surface area contributed by atoms with Crippen molar-refractivity contribution >= 4 is 29.4 Å². The van der Waals surface area contributed by atoms with E-state index in [-0.39, 0.29) is 13.0 Å². The lowest BCUT2D eigenvalue weighted by Crippen LogP contribution is -2.68. The van der Waals surface area contributed by atoms with Gasteiger partial charge in [-0.3, -0.25) is 9.59 Å². The van der Waals surface area contributed by atoms with Crippen LogP contribution in [-0.4, -0.2) is 101 Å². The van der Waals surface area contributed by atoms with Crippen molar-refractivity contribution in [3.05, 3.63) is 64.7 Å². The Balaban J connectivity index is 1.76. The van der Waals surface area contributed by atoms with E-state index in [0.29, 0.717) is 34.9 Å². The van der Waals surface area contributed by atoms with Gasteiger partial charge < -0.3 is 50.0 Å². The third-order valence-electron chi connectivity index (χ3n) is 6.94. The van der Waals surface area contributed by atoms with Crippen LogP contribution in [0.25, 0.3) is 0 Å². The average Bonchev–Trinajstić information content (AvgIpc) is 3.03. The number of ether oxygens (including phenoxy) is 4. The number of benzene rings is 2. The molecular weight excluding hydrogens is 612 g/mol. The van der Waals surface area contributed by atoms with E-state index >= 15 is 0 Å². The Kier molecular flexibility index (Phi) is 13.6. The van der Waals surface area contributed by atoms with Crippen LogP contribution < -0.4 is 15.4 Å². The molecule has 1 saturated heterocycles. The Labute approximate surface area is 265 Å². The molecule has 0 saturated carbocycles. The fourth-order valence-electron chi connectivity index (χ4n) is 4.66. The smallest absolute Gasteiger partial charge is 0.366 e. The Morgan fingerprint density at radius 2 is 1.89 bits per heavy atom. The third kappa shape index (κ3) is 10.1. The second kappa shape index (κ2) is 17.1. The van der Waals surface area contributed by atoms with Gasteiger partial charge >= 0.3 is 5.97 Å². The van der Waals surface area contributed by atoms with Gasteiger partial charge in [-0.1, -0.05) is 35.9 Å². The summed E-state index contributed by atoms with van der Waals surface area (Å²) in [5, 5.41) is 47.6. The van der Waals surface area contributed by atoms with Crippen molar-refractivity contribution in [3.8, 4) is 18.1 Å². The average molecular weight is 649 g/mol. The zero-order valence-electron chi connectivity index (χ0n) is 24.6. The summed E-state index contributed by atoms with van der Waals surface area (Å²) in [7, 11) is 1.07. The number of aliphatic hydroxyl groups excluding tert-OH is 4. The van der Waals surface area contributed by atoms with E-state index in [4.69, 9.17) is 37.0 Å².